The summed E-state index contributed by atoms with van der Waals surface area (Å²) in [6.45, 7) is 4.22. The number of amides is 1. The Hall–Kier alpha value is -2.56. The van der Waals surface area contributed by atoms with Gasteiger partial charge in [-0.25, -0.2) is 0 Å². The van der Waals surface area contributed by atoms with E-state index in [1.54, 1.807) is 0 Å². The van der Waals surface area contributed by atoms with E-state index < -0.39 is 6.29 Å². The van der Waals surface area contributed by atoms with Gasteiger partial charge in [0.05, 0.1) is 5.75 Å². The van der Waals surface area contributed by atoms with Crippen LogP contribution in [0.15, 0.2) is 23.4 Å². The molecule has 31 heavy (non-hydrogen) atoms. The third-order valence-electron chi connectivity index (χ3n) is 5.64. The monoisotopic (exact) mass is 451 g/mol. The summed E-state index contributed by atoms with van der Waals surface area (Å²) < 4.78 is 37.3. The van der Waals surface area contributed by atoms with Gasteiger partial charge in [0.15, 0.2) is 16.7 Å². The predicted octanol–water partition coefficient (Wildman–Crippen LogP) is 3.90. The van der Waals surface area contributed by atoms with Crippen molar-refractivity contribution in [3.63, 3.8) is 0 Å². The van der Waals surface area contributed by atoms with E-state index in [0.29, 0.717) is 11.7 Å². The van der Waals surface area contributed by atoms with Crippen LogP contribution in [0, 0.1) is 5.92 Å². The summed E-state index contributed by atoms with van der Waals surface area (Å²) in [6, 6.07) is 4.55. The number of benzene rings is 1. The van der Waals surface area contributed by atoms with Crippen LogP contribution in [-0.4, -0.2) is 45.8 Å². The number of rotatable bonds is 6. The highest BCUT2D eigenvalue weighted by molar-refractivity contribution is 7.99. The molecule has 1 aromatic heterocycles. The van der Waals surface area contributed by atoms with E-state index in [2.05, 4.69) is 41.4 Å². The fraction of sp³-hybridized carbons (Fsp3) is 0.550. The van der Waals surface area contributed by atoms with Gasteiger partial charge in [0.1, 0.15) is 0 Å². The van der Waals surface area contributed by atoms with Gasteiger partial charge in [0.25, 0.3) is 0 Å². The normalized spacial score (nSPS) is 20.2. The van der Waals surface area contributed by atoms with Crippen LogP contribution in [0.2, 0.25) is 0 Å². The van der Waals surface area contributed by atoms with E-state index in [-0.39, 0.29) is 23.2 Å². The van der Waals surface area contributed by atoms with Gasteiger partial charge in [-0.3, -0.25) is 9.36 Å². The fourth-order valence-electron chi connectivity index (χ4n) is 3.80. The van der Waals surface area contributed by atoms with Gasteiger partial charge < -0.3 is 19.7 Å². The highest BCUT2D eigenvalue weighted by Crippen LogP contribution is 2.43. The van der Waals surface area contributed by atoms with Gasteiger partial charge in [-0.2, -0.15) is 0 Å². The number of halogens is 2. The molecule has 2 aliphatic heterocycles. The second-order valence-electron chi connectivity index (χ2n) is 8.22. The quantitative estimate of drug-likeness (QED) is 0.667. The average Bonchev–Trinajstić information content (AvgIpc) is 3.39. The molecule has 0 radical (unpaired) electrons. The molecule has 1 amide bonds. The number of anilines is 2. The van der Waals surface area contributed by atoms with E-state index in [1.807, 2.05) is 0 Å². The first-order chi connectivity index (χ1) is 14.9. The lowest BCUT2D eigenvalue weighted by Gasteiger charge is -2.31. The van der Waals surface area contributed by atoms with Crippen LogP contribution >= 0.6 is 11.8 Å². The Morgan fingerprint density at radius 1 is 1.19 bits per heavy atom. The number of carbonyl (C=O) groups is 1. The van der Waals surface area contributed by atoms with E-state index in [4.69, 9.17) is 0 Å². The number of fused-ring (bicyclic) bond motifs is 1. The summed E-state index contributed by atoms with van der Waals surface area (Å²) in [7, 11) is 0. The van der Waals surface area contributed by atoms with Crippen molar-refractivity contribution >= 4 is 29.3 Å². The van der Waals surface area contributed by atoms with Crippen molar-refractivity contribution in [3.8, 4) is 11.5 Å². The maximum absolute atomic E-state index is 13.1. The Labute approximate surface area is 182 Å². The number of ether oxygens (including phenoxy) is 2. The van der Waals surface area contributed by atoms with Crippen molar-refractivity contribution in [2.75, 3.05) is 29.1 Å². The maximum Gasteiger partial charge on any atom is 0.586 e. The fourth-order valence-corrected chi connectivity index (χ4v) is 4.60. The van der Waals surface area contributed by atoms with Gasteiger partial charge in [0.2, 0.25) is 11.9 Å². The number of carbonyl (C=O) groups excluding carboxylic acids is 1. The summed E-state index contributed by atoms with van der Waals surface area (Å²) in [5.41, 5.74) is 0.359. The molecular weight excluding hydrogens is 428 g/mol. The van der Waals surface area contributed by atoms with Crippen LogP contribution in [0.1, 0.15) is 38.6 Å². The van der Waals surface area contributed by atoms with Gasteiger partial charge in [0, 0.05) is 30.9 Å². The number of nitrogens with one attached hydrogen (secondary N) is 1. The molecule has 3 aliphatic rings. The summed E-state index contributed by atoms with van der Waals surface area (Å²) >= 11 is 1.33. The maximum atomic E-state index is 13.1. The first-order valence-corrected chi connectivity index (χ1v) is 11.4. The Balaban J connectivity index is 1.22. The molecule has 1 aromatic carbocycles. The average molecular weight is 451 g/mol. The zero-order chi connectivity index (χ0) is 21.6. The van der Waals surface area contributed by atoms with Gasteiger partial charge >= 0.3 is 6.29 Å². The molecule has 166 valence electrons. The Kier molecular flexibility index (Phi) is 5.15. The molecule has 0 atom stereocenters. The zero-order valence-corrected chi connectivity index (χ0v) is 17.8. The summed E-state index contributed by atoms with van der Waals surface area (Å²) in [5.74, 6) is 1.32. The van der Waals surface area contributed by atoms with Crippen LogP contribution in [0.25, 0.3) is 0 Å². The van der Waals surface area contributed by atoms with Crippen LogP contribution < -0.4 is 19.7 Å². The first kappa shape index (κ1) is 20.3. The Morgan fingerprint density at radius 2 is 1.94 bits per heavy atom. The van der Waals surface area contributed by atoms with E-state index in [0.717, 1.165) is 55.8 Å². The van der Waals surface area contributed by atoms with Crippen LogP contribution in [0.3, 0.4) is 0 Å². The lowest BCUT2D eigenvalue weighted by molar-refractivity contribution is -0.286. The zero-order valence-electron chi connectivity index (χ0n) is 17.0. The molecule has 1 aliphatic carbocycles. The molecule has 1 saturated carbocycles. The topological polar surface area (TPSA) is 81.5 Å². The molecule has 0 unspecified atom stereocenters. The van der Waals surface area contributed by atoms with Crippen molar-refractivity contribution in [1.29, 1.82) is 0 Å². The number of hydrogen-bond donors (Lipinski definition) is 1. The molecular formula is C20H23F2N5O3S. The molecule has 3 heterocycles. The molecule has 5 rings (SSSR count). The van der Waals surface area contributed by atoms with E-state index in [1.165, 1.54) is 30.0 Å². The molecule has 1 saturated heterocycles. The number of alkyl halides is 2. The van der Waals surface area contributed by atoms with Gasteiger partial charge in [-0.05, 0) is 43.7 Å². The standard InChI is InChI=1S/C20H23F2N5O3S/c1-12-6-8-26(9-7-12)18-24-25-19(27(18)14-3-4-14)31-11-17(28)23-13-2-5-15-16(10-13)30-20(21,22)29-15/h2,5,10,12,14H,3-4,6-9,11H2,1H3,(H,23,28). The Morgan fingerprint density at radius 3 is 2.68 bits per heavy atom. The van der Waals surface area contributed by atoms with E-state index in [9.17, 15) is 13.6 Å². The summed E-state index contributed by atoms with van der Waals surface area (Å²) in [6.07, 6.45) is 0.791. The summed E-state index contributed by atoms with van der Waals surface area (Å²) in [4.78, 5) is 14.7. The number of aromatic nitrogens is 3. The highest BCUT2D eigenvalue weighted by atomic mass is 32.2. The van der Waals surface area contributed by atoms with Gasteiger partial charge in [-0.15, -0.1) is 19.0 Å². The minimum atomic E-state index is -3.68. The lowest BCUT2D eigenvalue weighted by Crippen LogP contribution is -2.34. The van der Waals surface area contributed by atoms with Gasteiger partial charge in [-0.1, -0.05) is 18.7 Å². The number of hydrogen-bond acceptors (Lipinski definition) is 7. The molecule has 1 N–H and O–H groups in total. The lowest BCUT2D eigenvalue weighted by atomic mass is 10.00. The van der Waals surface area contributed by atoms with Crippen molar-refractivity contribution in [2.24, 2.45) is 5.92 Å². The molecule has 2 fully saturated rings. The third-order valence-corrected chi connectivity index (χ3v) is 6.59. The smallest absolute Gasteiger partial charge is 0.395 e. The van der Waals surface area contributed by atoms with Crippen molar-refractivity contribution in [3.05, 3.63) is 18.2 Å². The second kappa shape index (κ2) is 7.85. The van der Waals surface area contributed by atoms with Crippen molar-refractivity contribution in [2.45, 2.75) is 50.1 Å². The number of nitrogens with zero attached hydrogens (tertiary/aromatic N) is 4. The minimum Gasteiger partial charge on any atom is -0.395 e. The van der Waals surface area contributed by atoms with Crippen LogP contribution in [0.5, 0.6) is 11.5 Å². The largest absolute Gasteiger partial charge is 0.586 e. The minimum absolute atomic E-state index is 0.0606. The molecule has 2 aromatic rings. The number of piperidine rings is 1. The van der Waals surface area contributed by atoms with E-state index >= 15 is 0 Å². The third kappa shape index (κ3) is 4.41. The second-order valence-corrected chi connectivity index (χ2v) is 9.16. The van der Waals surface area contributed by atoms with Crippen LogP contribution in [0.4, 0.5) is 20.4 Å². The predicted molar refractivity (Wildman–Crippen MR) is 111 cm³/mol. The SMILES string of the molecule is CC1CCN(c2nnc(SCC(=O)Nc3ccc4c(c3)OC(F)(F)O4)n2C2CC2)CC1. The summed E-state index contributed by atoms with van der Waals surface area (Å²) in [5, 5.41) is 12.2. The molecule has 0 spiro atoms. The molecule has 8 nitrogen and oxygen atoms in total. The van der Waals surface area contributed by atoms with Crippen molar-refractivity contribution < 1.29 is 23.0 Å². The van der Waals surface area contributed by atoms with Crippen molar-refractivity contribution in [1.82, 2.24) is 14.8 Å². The van der Waals surface area contributed by atoms with Crippen LogP contribution in [-0.2, 0) is 4.79 Å². The first-order valence-electron chi connectivity index (χ1n) is 10.4. The number of thioether (sulfide) groups is 1. The Bertz CT molecular complexity index is 989. The molecule has 11 heteroatoms. The molecule has 0 bridgehead atoms. The highest BCUT2D eigenvalue weighted by Gasteiger charge is 2.43.